The van der Waals surface area contributed by atoms with Crippen molar-refractivity contribution < 1.29 is 24.1 Å². The van der Waals surface area contributed by atoms with Gasteiger partial charge in [-0.05, 0) is 24.3 Å². The van der Waals surface area contributed by atoms with E-state index in [0.717, 1.165) is 11.1 Å². The minimum atomic E-state index is -0.768. The maximum atomic E-state index is 11.5. The van der Waals surface area contributed by atoms with Crippen molar-refractivity contribution in [2.24, 2.45) is 0 Å². The van der Waals surface area contributed by atoms with Crippen LogP contribution in [0.4, 0.5) is 5.82 Å². The number of rotatable bonds is 4. The van der Waals surface area contributed by atoms with E-state index in [9.17, 15) is 9.90 Å². The average Bonchev–Trinajstić information content (AvgIpc) is 2.66. The van der Waals surface area contributed by atoms with Gasteiger partial charge in [-0.1, -0.05) is 0 Å². The summed E-state index contributed by atoms with van der Waals surface area (Å²) < 4.78 is 15.4. The molecule has 1 atom stereocenters. The molecule has 1 aromatic carbocycles. The van der Waals surface area contributed by atoms with Crippen LogP contribution in [0.3, 0.4) is 0 Å². The third-order valence-electron chi connectivity index (χ3n) is 4.16. The van der Waals surface area contributed by atoms with Crippen LogP contribution in [0, 0.1) is 0 Å². The van der Waals surface area contributed by atoms with E-state index < -0.39 is 12.1 Å². The molecule has 1 aliphatic heterocycles. The number of carbonyl (C=O) groups is 1. The predicted octanol–water partition coefficient (Wildman–Crippen LogP) is 1.33. The van der Waals surface area contributed by atoms with Crippen LogP contribution in [0.5, 0.6) is 11.5 Å². The average molecular weight is 345 g/mol. The maximum Gasteiger partial charge on any atom is 0.358 e. The third-order valence-corrected chi connectivity index (χ3v) is 4.16. The molecule has 0 saturated carbocycles. The van der Waals surface area contributed by atoms with Crippen LogP contribution in [0.25, 0.3) is 0 Å². The SMILES string of the molecule is COC(=O)c1ccc(N2Cc3c(OC)ccc(OC)c3C(O)C2)nn1. The van der Waals surface area contributed by atoms with E-state index in [1.54, 1.807) is 38.5 Å². The van der Waals surface area contributed by atoms with E-state index in [1.807, 2.05) is 4.90 Å². The second-order valence-corrected chi connectivity index (χ2v) is 5.53. The normalized spacial score (nSPS) is 16.2. The molecular formula is C17H19N3O5. The molecule has 1 unspecified atom stereocenters. The number of β-amino-alcohol motifs (C(OH)–C–C–N with tert-alkyl or cyclic N) is 1. The number of methoxy groups -OCH3 is 3. The Bertz CT molecular complexity index is 779. The van der Waals surface area contributed by atoms with Crippen LogP contribution in [0.2, 0.25) is 0 Å². The van der Waals surface area contributed by atoms with E-state index >= 15 is 0 Å². The van der Waals surface area contributed by atoms with Crippen molar-refractivity contribution in [3.63, 3.8) is 0 Å². The van der Waals surface area contributed by atoms with Gasteiger partial charge >= 0.3 is 5.97 Å². The Morgan fingerprint density at radius 1 is 1.12 bits per heavy atom. The molecule has 0 bridgehead atoms. The van der Waals surface area contributed by atoms with E-state index in [-0.39, 0.29) is 5.69 Å². The quantitative estimate of drug-likeness (QED) is 0.830. The Labute approximate surface area is 145 Å². The van der Waals surface area contributed by atoms with Gasteiger partial charge < -0.3 is 24.2 Å². The highest BCUT2D eigenvalue weighted by atomic mass is 16.5. The zero-order valence-corrected chi connectivity index (χ0v) is 14.2. The summed E-state index contributed by atoms with van der Waals surface area (Å²) in [4.78, 5) is 13.3. The highest BCUT2D eigenvalue weighted by Crippen LogP contribution is 2.40. The largest absolute Gasteiger partial charge is 0.496 e. The predicted molar refractivity (Wildman–Crippen MR) is 88.9 cm³/mol. The Morgan fingerprint density at radius 2 is 1.84 bits per heavy atom. The van der Waals surface area contributed by atoms with Crippen molar-refractivity contribution in [3.05, 3.63) is 41.1 Å². The van der Waals surface area contributed by atoms with Gasteiger partial charge in [0.2, 0.25) is 0 Å². The fourth-order valence-electron chi connectivity index (χ4n) is 2.96. The van der Waals surface area contributed by atoms with Crippen molar-refractivity contribution in [1.29, 1.82) is 0 Å². The highest BCUT2D eigenvalue weighted by Gasteiger charge is 2.30. The molecule has 0 aliphatic carbocycles. The van der Waals surface area contributed by atoms with Crippen LogP contribution < -0.4 is 14.4 Å². The van der Waals surface area contributed by atoms with Crippen LogP contribution in [0.1, 0.15) is 27.7 Å². The molecular weight excluding hydrogens is 326 g/mol. The standard InChI is InChI=1S/C17H19N3O5/c1-23-13-5-6-14(24-2)16-10(13)8-20(9-12(16)21)15-7-4-11(18-19-15)17(22)25-3/h4-7,12,21H,8-9H2,1-3H3. The topological polar surface area (TPSA) is 94.0 Å². The summed E-state index contributed by atoms with van der Waals surface area (Å²) in [5, 5.41) is 18.6. The van der Waals surface area contributed by atoms with Gasteiger partial charge in [-0.3, -0.25) is 0 Å². The van der Waals surface area contributed by atoms with Crippen molar-refractivity contribution >= 4 is 11.8 Å². The minimum absolute atomic E-state index is 0.128. The fraction of sp³-hybridized carbons (Fsp3) is 0.353. The first-order valence-corrected chi connectivity index (χ1v) is 7.67. The Hall–Kier alpha value is -2.87. The first-order valence-electron chi connectivity index (χ1n) is 7.67. The first kappa shape index (κ1) is 17.0. The smallest absolute Gasteiger partial charge is 0.358 e. The molecule has 2 aromatic rings. The van der Waals surface area contributed by atoms with Gasteiger partial charge in [0, 0.05) is 17.7 Å². The third kappa shape index (κ3) is 3.08. The molecule has 0 radical (unpaired) electrons. The molecule has 25 heavy (non-hydrogen) atoms. The lowest BCUT2D eigenvalue weighted by Gasteiger charge is -2.34. The van der Waals surface area contributed by atoms with Gasteiger partial charge in [0.1, 0.15) is 17.6 Å². The summed E-state index contributed by atoms with van der Waals surface area (Å²) in [7, 11) is 4.44. The summed E-state index contributed by atoms with van der Waals surface area (Å²) >= 11 is 0. The van der Waals surface area contributed by atoms with Gasteiger partial charge in [-0.15, -0.1) is 10.2 Å². The van der Waals surface area contributed by atoms with Gasteiger partial charge in [0.25, 0.3) is 0 Å². The number of hydrogen-bond acceptors (Lipinski definition) is 8. The van der Waals surface area contributed by atoms with Crippen LogP contribution >= 0.6 is 0 Å². The lowest BCUT2D eigenvalue weighted by molar-refractivity contribution is 0.0592. The monoisotopic (exact) mass is 345 g/mol. The molecule has 2 heterocycles. The first-order chi connectivity index (χ1) is 12.1. The molecule has 1 aromatic heterocycles. The van der Waals surface area contributed by atoms with Gasteiger partial charge in [0.05, 0.1) is 27.9 Å². The van der Waals surface area contributed by atoms with E-state index in [2.05, 4.69) is 14.9 Å². The molecule has 8 heteroatoms. The molecule has 0 amide bonds. The van der Waals surface area contributed by atoms with Crippen LogP contribution in [-0.4, -0.2) is 49.1 Å². The zero-order valence-electron chi connectivity index (χ0n) is 14.2. The fourth-order valence-corrected chi connectivity index (χ4v) is 2.96. The number of esters is 1. The van der Waals surface area contributed by atoms with Gasteiger partial charge in [-0.2, -0.15) is 0 Å². The summed E-state index contributed by atoms with van der Waals surface area (Å²) in [6.45, 7) is 0.793. The van der Waals surface area contributed by atoms with Crippen molar-refractivity contribution in [1.82, 2.24) is 10.2 Å². The molecule has 0 saturated heterocycles. The number of benzene rings is 1. The van der Waals surface area contributed by atoms with Gasteiger partial charge in [0.15, 0.2) is 11.5 Å². The van der Waals surface area contributed by atoms with E-state index in [0.29, 0.717) is 30.4 Å². The number of anilines is 1. The number of aliphatic hydroxyl groups excluding tert-OH is 1. The summed E-state index contributed by atoms with van der Waals surface area (Å²) in [6, 6.07) is 6.80. The number of aromatic nitrogens is 2. The number of fused-ring (bicyclic) bond motifs is 1. The van der Waals surface area contributed by atoms with E-state index in [4.69, 9.17) is 9.47 Å². The number of aliphatic hydroxyl groups is 1. The lowest BCUT2D eigenvalue weighted by atomic mass is 9.95. The molecule has 3 rings (SSSR count). The Balaban J connectivity index is 1.94. The summed E-state index contributed by atoms with van der Waals surface area (Å²) in [5.41, 5.74) is 1.68. The molecule has 1 N–H and O–H groups in total. The van der Waals surface area contributed by atoms with E-state index in [1.165, 1.54) is 7.11 Å². The number of carbonyl (C=O) groups excluding carboxylic acids is 1. The summed E-state index contributed by atoms with van der Waals surface area (Å²) in [6.07, 6.45) is -0.768. The van der Waals surface area contributed by atoms with Crippen molar-refractivity contribution in [2.75, 3.05) is 32.8 Å². The zero-order chi connectivity index (χ0) is 18.0. The molecule has 8 nitrogen and oxygen atoms in total. The second-order valence-electron chi connectivity index (χ2n) is 5.53. The minimum Gasteiger partial charge on any atom is -0.496 e. The molecule has 132 valence electrons. The number of hydrogen-bond donors (Lipinski definition) is 1. The van der Waals surface area contributed by atoms with Crippen molar-refractivity contribution in [2.45, 2.75) is 12.6 Å². The number of nitrogens with zero attached hydrogens (tertiary/aromatic N) is 3. The van der Waals surface area contributed by atoms with Crippen LogP contribution in [-0.2, 0) is 11.3 Å². The van der Waals surface area contributed by atoms with Crippen LogP contribution in [0.15, 0.2) is 24.3 Å². The lowest BCUT2D eigenvalue weighted by Crippen LogP contribution is -2.35. The summed E-state index contributed by atoms with van der Waals surface area (Å²) in [5.74, 6) is 1.28. The molecule has 0 spiro atoms. The Kier molecular flexibility index (Phi) is 4.71. The maximum absolute atomic E-state index is 11.5. The number of ether oxygens (including phenoxy) is 3. The van der Waals surface area contributed by atoms with Crippen molar-refractivity contribution in [3.8, 4) is 11.5 Å². The van der Waals surface area contributed by atoms with Gasteiger partial charge in [-0.25, -0.2) is 4.79 Å². The highest BCUT2D eigenvalue weighted by molar-refractivity contribution is 5.87. The molecule has 0 fully saturated rings. The molecule has 1 aliphatic rings. The second kappa shape index (κ2) is 6.94. The Morgan fingerprint density at radius 3 is 2.44 bits per heavy atom.